The minimum atomic E-state index is -3.00. The summed E-state index contributed by atoms with van der Waals surface area (Å²) < 4.78 is 34.6. The third kappa shape index (κ3) is 4.42. The van der Waals surface area contributed by atoms with Crippen LogP contribution >= 0.6 is 15.9 Å². The molecule has 0 saturated heterocycles. The van der Waals surface area contributed by atoms with Crippen molar-refractivity contribution in [3.05, 3.63) is 24.3 Å². The monoisotopic (exact) mass is 471 g/mol. The van der Waals surface area contributed by atoms with Crippen molar-refractivity contribution >= 4 is 33.5 Å². The van der Waals surface area contributed by atoms with E-state index in [2.05, 4.69) is 26.0 Å². The van der Waals surface area contributed by atoms with Gasteiger partial charge in [-0.1, -0.05) is 28.1 Å². The fourth-order valence-corrected chi connectivity index (χ4v) is 6.60. The smallest absolute Gasteiger partial charge is 0.387 e. The Kier molecular flexibility index (Phi) is 5.82. The summed E-state index contributed by atoms with van der Waals surface area (Å²) in [6, 6.07) is 5.88. The van der Waals surface area contributed by atoms with E-state index in [0.29, 0.717) is 17.8 Å². The molecule has 5 rings (SSSR count). The second kappa shape index (κ2) is 8.20. The zero-order valence-corrected chi connectivity index (χ0v) is 17.5. The number of rotatable bonds is 7. The van der Waals surface area contributed by atoms with E-state index in [9.17, 15) is 18.4 Å². The first-order chi connectivity index (χ1) is 13.8. The number of carbonyl (C=O) groups is 2. The first-order valence-corrected chi connectivity index (χ1v) is 10.9. The number of halogens is 3. The molecule has 0 aliphatic heterocycles. The van der Waals surface area contributed by atoms with Gasteiger partial charge < -0.3 is 14.8 Å². The number of anilines is 1. The molecule has 0 aromatic heterocycles. The first kappa shape index (κ1) is 20.6. The van der Waals surface area contributed by atoms with Gasteiger partial charge in [-0.25, -0.2) is 0 Å². The maximum Gasteiger partial charge on any atom is 0.387 e. The zero-order chi connectivity index (χ0) is 20.6. The Labute approximate surface area is 176 Å². The molecule has 4 aliphatic carbocycles. The zero-order valence-electron chi connectivity index (χ0n) is 15.9. The number of hydrogen-bond donors (Lipinski definition) is 1. The predicted molar refractivity (Wildman–Crippen MR) is 106 cm³/mol. The van der Waals surface area contributed by atoms with Crippen LogP contribution in [0.3, 0.4) is 0 Å². The van der Waals surface area contributed by atoms with Gasteiger partial charge in [-0.3, -0.25) is 9.59 Å². The van der Waals surface area contributed by atoms with Gasteiger partial charge >= 0.3 is 12.6 Å². The highest BCUT2D eigenvalue weighted by Crippen LogP contribution is 2.62. The molecule has 1 atom stereocenters. The minimum absolute atomic E-state index is 0.0694. The number of ether oxygens (including phenoxy) is 2. The highest BCUT2D eigenvalue weighted by molar-refractivity contribution is 9.10. The second-order valence-corrected chi connectivity index (χ2v) is 9.59. The summed E-state index contributed by atoms with van der Waals surface area (Å²) in [5.41, 5.74) is 0.0327. The minimum Gasteiger partial charge on any atom is -0.455 e. The van der Waals surface area contributed by atoms with Crippen molar-refractivity contribution in [2.45, 2.75) is 50.0 Å². The molecule has 8 heteroatoms. The van der Waals surface area contributed by atoms with Crippen LogP contribution in [0, 0.1) is 23.2 Å². The Morgan fingerprint density at radius 2 is 1.69 bits per heavy atom. The maximum absolute atomic E-state index is 12.7. The van der Waals surface area contributed by atoms with E-state index in [1.54, 1.807) is 6.07 Å². The summed E-state index contributed by atoms with van der Waals surface area (Å²) in [4.78, 5) is 24.4. The normalized spacial score (nSPS) is 30.8. The lowest BCUT2D eigenvalue weighted by atomic mass is 9.49. The number of nitrogens with one attached hydrogen (secondary N) is 1. The highest BCUT2D eigenvalue weighted by atomic mass is 79.9. The molecular formula is C21H24BrF2NO4. The number of amides is 1. The number of carbonyl (C=O) groups excluding carboxylic acids is 2. The van der Waals surface area contributed by atoms with Gasteiger partial charge in [0.15, 0.2) is 6.61 Å². The molecule has 4 aliphatic rings. The van der Waals surface area contributed by atoms with Crippen LogP contribution in [0.15, 0.2) is 24.3 Å². The second-order valence-electron chi connectivity index (χ2n) is 8.67. The topological polar surface area (TPSA) is 64.6 Å². The summed E-state index contributed by atoms with van der Waals surface area (Å²) in [6.07, 6.45) is 6.93. The molecule has 4 saturated carbocycles. The lowest BCUT2D eigenvalue weighted by Gasteiger charge is -2.57. The van der Waals surface area contributed by atoms with E-state index in [1.165, 1.54) is 37.5 Å². The van der Waals surface area contributed by atoms with Crippen LogP contribution in [0.25, 0.3) is 0 Å². The van der Waals surface area contributed by atoms with Crippen LogP contribution in [-0.4, -0.2) is 29.9 Å². The number of alkyl halides is 3. The molecule has 1 amide bonds. The number of esters is 1. The third-order valence-electron chi connectivity index (χ3n) is 6.55. The van der Waals surface area contributed by atoms with Crippen molar-refractivity contribution in [1.29, 1.82) is 0 Å². The molecule has 0 radical (unpaired) electrons. The van der Waals surface area contributed by atoms with Crippen molar-refractivity contribution in [1.82, 2.24) is 0 Å². The van der Waals surface area contributed by atoms with Gasteiger partial charge in [-0.05, 0) is 73.8 Å². The first-order valence-electron chi connectivity index (χ1n) is 9.99. The van der Waals surface area contributed by atoms with Crippen LogP contribution in [0.1, 0.15) is 38.5 Å². The average Bonchev–Trinajstić information content (AvgIpc) is 2.65. The molecule has 1 aromatic rings. The van der Waals surface area contributed by atoms with Gasteiger partial charge in [0.25, 0.3) is 5.91 Å². The molecule has 1 N–H and O–H groups in total. The van der Waals surface area contributed by atoms with Crippen LogP contribution in [0.2, 0.25) is 0 Å². The van der Waals surface area contributed by atoms with Crippen molar-refractivity contribution in [2.75, 3.05) is 11.9 Å². The lowest BCUT2D eigenvalue weighted by Crippen LogP contribution is -2.52. The van der Waals surface area contributed by atoms with Crippen LogP contribution in [0.5, 0.6) is 5.75 Å². The molecule has 29 heavy (non-hydrogen) atoms. The Hall–Kier alpha value is -1.70. The Balaban J connectivity index is 1.32. The fourth-order valence-electron chi connectivity index (χ4n) is 5.90. The molecule has 0 unspecified atom stereocenters. The lowest BCUT2D eigenvalue weighted by molar-refractivity contribution is -0.152. The Morgan fingerprint density at radius 3 is 2.28 bits per heavy atom. The van der Waals surface area contributed by atoms with E-state index < -0.39 is 29.9 Å². The van der Waals surface area contributed by atoms with Crippen molar-refractivity contribution in [2.24, 2.45) is 23.2 Å². The molecular weight excluding hydrogens is 448 g/mol. The summed E-state index contributed by atoms with van der Waals surface area (Å²) >= 11 is 3.58. The average molecular weight is 472 g/mol. The SMILES string of the molecule is O=C(COC(=O)[C@@H](Br)C12CC3CC(CC(C3)C1)C2)Nc1ccccc1OC(F)F. The molecule has 4 fully saturated rings. The van der Waals surface area contributed by atoms with Gasteiger partial charge in [0, 0.05) is 0 Å². The number of hydrogen-bond acceptors (Lipinski definition) is 4. The van der Waals surface area contributed by atoms with Crippen LogP contribution in [-0.2, 0) is 14.3 Å². The van der Waals surface area contributed by atoms with Gasteiger partial charge in [-0.15, -0.1) is 0 Å². The van der Waals surface area contributed by atoms with Gasteiger partial charge in [-0.2, -0.15) is 8.78 Å². The molecule has 0 spiro atoms. The molecule has 5 nitrogen and oxygen atoms in total. The largest absolute Gasteiger partial charge is 0.455 e. The van der Waals surface area contributed by atoms with E-state index >= 15 is 0 Å². The maximum atomic E-state index is 12.7. The van der Waals surface area contributed by atoms with Crippen molar-refractivity contribution in [3.8, 4) is 5.75 Å². The summed E-state index contributed by atoms with van der Waals surface area (Å²) in [5, 5.41) is 2.46. The fraction of sp³-hybridized carbons (Fsp3) is 0.619. The molecule has 1 aromatic carbocycles. The van der Waals surface area contributed by atoms with E-state index in [1.807, 2.05) is 0 Å². The molecule has 158 valence electrons. The quantitative estimate of drug-likeness (QED) is 0.460. The predicted octanol–water partition coefficient (Wildman–Crippen LogP) is 4.75. The Bertz CT molecular complexity index is 752. The van der Waals surface area contributed by atoms with Crippen molar-refractivity contribution in [3.63, 3.8) is 0 Å². The number of para-hydroxylation sites is 2. The van der Waals surface area contributed by atoms with Crippen LogP contribution < -0.4 is 10.1 Å². The molecule has 4 bridgehead atoms. The third-order valence-corrected chi connectivity index (χ3v) is 7.90. The standard InChI is InChI=1S/C21H24BrF2NO4/c22-18(21-8-12-5-13(9-21)7-14(6-12)10-21)19(27)28-11-17(26)25-15-3-1-2-4-16(15)29-20(23)24/h1-4,12-14,18,20H,5-11H2,(H,25,26)/t12?,13?,14?,18-,21?/m1/s1. The van der Waals surface area contributed by atoms with Gasteiger partial charge in [0.1, 0.15) is 10.6 Å². The van der Waals surface area contributed by atoms with E-state index in [4.69, 9.17) is 4.74 Å². The molecule has 0 heterocycles. The van der Waals surface area contributed by atoms with E-state index in [-0.39, 0.29) is 16.9 Å². The number of benzene rings is 1. The summed E-state index contributed by atoms with van der Waals surface area (Å²) in [6.45, 7) is -3.48. The summed E-state index contributed by atoms with van der Waals surface area (Å²) in [7, 11) is 0. The van der Waals surface area contributed by atoms with E-state index in [0.717, 1.165) is 19.3 Å². The van der Waals surface area contributed by atoms with Crippen LogP contribution in [0.4, 0.5) is 14.5 Å². The highest BCUT2D eigenvalue weighted by Gasteiger charge is 2.55. The summed E-state index contributed by atoms with van der Waals surface area (Å²) in [5.74, 6) is 0.915. The van der Waals surface area contributed by atoms with Gasteiger partial charge in [0.05, 0.1) is 5.69 Å². The van der Waals surface area contributed by atoms with Gasteiger partial charge in [0.2, 0.25) is 0 Å². The Morgan fingerprint density at radius 1 is 1.10 bits per heavy atom. The van der Waals surface area contributed by atoms with Crippen molar-refractivity contribution < 1.29 is 27.8 Å².